The lowest BCUT2D eigenvalue weighted by Crippen LogP contribution is -1.87. The van der Waals surface area contributed by atoms with Crippen molar-refractivity contribution in [2.24, 2.45) is 0 Å². The van der Waals surface area contributed by atoms with E-state index in [4.69, 9.17) is 9.78 Å². The Hall–Kier alpha value is 0.880. The van der Waals surface area contributed by atoms with Crippen LogP contribution in [0.2, 0.25) is 0 Å². The van der Waals surface area contributed by atoms with Gasteiger partial charge in [-0.3, -0.25) is 0 Å². The molecule has 0 aromatic rings. The third kappa shape index (κ3) is 5.33. The van der Waals surface area contributed by atoms with E-state index in [1.165, 1.54) is 0 Å². The molecule has 0 aromatic carbocycles. The predicted octanol–water partition coefficient (Wildman–Crippen LogP) is 2.06. The van der Waals surface area contributed by atoms with Gasteiger partial charge in [-0.2, -0.15) is 4.67 Å². The molecule has 3 nitrogen and oxygen atoms in total. The van der Waals surface area contributed by atoms with E-state index in [-0.39, 0.29) is 0 Å². The zero-order valence-electron chi connectivity index (χ0n) is 4.98. The molecular formula is C3H9O3PS2. The van der Waals surface area contributed by atoms with Crippen LogP contribution in [0.3, 0.4) is 0 Å². The molecule has 56 valence electrons. The summed E-state index contributed by atoms with van der Waals surface area (Å²) in [6.07, 6.45) is 0.836. The van der Waals surface area contributed by atoms with Gasteiger partial charge in [0.2, 0.25) is 0 Å². The third-order valence-electron chi connectivity index (χ3n) is 0.562. The first-order valence-electron chi connectivity index (χ1n) is 2.43. The lowest BCUT2D eigenvalue weighted by Gasteiger charge is -2.09. The summed E-state index contributed by atoms with van der Waals surface area (Å²) in [5, 5.41) is 8.06. The molecule has 0 fully saturated rings. The first-order chi connectivity index (χ1) is 4.12. The quantitative estimate of drug-likeness (QED) is 0.306. The molecule has 0 saturated carbocycles. The van der Waals surface area contributed by atoms with Gasteiger partial charge < -0.3 is 4.52 Å². The second-order valence-corrected chi connectivity index (χ2v) is 6.58. The smallest absolute Gasteiger partial charge is 0.275 e. The van der Waals surface area contributed by atoms with E-state index < -0.39 is 5.69 Å². The van der Waals surface area contributed by atoms with Gasteiger partial charge in [-0.05, 0) is 18.2 Å². The van der Waals surface area contributed by atoms with Crippen molar-refractivity contribution >= 4 is 29.7 Å². The fourth-order valence-electron chi connectivity index (χ4n) is 0.230. The molecule has 0 amide bonds. The highest BCUT2D eigenvalue weighted by molar-refractivity contribution is 8.60. The summed E-state index contributed by atoms with van der Waals surface area (Å²) < 4.78 is 8.65. The van der Waals surface area contributed by atoms with Crippen molar-refractivity contribution in [1.82, 2.24) is 0 Å². The lowest BCUT2D eigenvalue weighted by atomic mass is 10.5. The van der Waals surface area contributed by atoms with Gasteiger partial charge in [0.25, 0.3) is 5.69 Å². The molecule has 0 rings (SSSR count). The standard InChI is InChI=1S/C3H9O3PS2/c1-2-3-5-7(8,9)6-4/h4H,2-3H2,1H3,(H,8,9). The van der Waals surface area contributed by atoms with Crippen molar-refractivity contribution in [2.75, 3.05) is 6.61 Å². The van der Waals surface area contributed by atoms with E-state index in [9.17, 15) is 0 Å². The fraction of sp³-hybridized carbons (Fsp3) is 1.00. The molecule has 9 heavy (non-hydrogen) atoms. The van der Waals surface area contributed by atoms with Crippen LogP contribution in [0.15, 0.2) is 0 Å². The molecule has 0 saturated heterocycles. The number of rotatable bonds is 4. The van der Waals surface area contributed by atoms with Crippen molar-refractivity contribution < 1.29 is 14.5 Å². The molecule has 1 N–H and O–H groups in total. The molecular weight excluding hydrogens is 179 g/mol. The Labute approximate surface area is 64.6 Å². The van der Waals surface area contributed by atoms with Gasteiger partial charge in [0.1, 0.15) is 0 Å². The highest BCUT2D eigenvalue weighted by Gasteiger charge is 2.10. The Balaban J connectivity index is 3.46. The average Bonchev–Trinajstić information content (AvgIpc) is 1.84. The molecule has 1 unspecified atom stereocenters. The van der Waals surface area contributed by atoms with Crippen molar-refractivity contribution in [3.63, 3.8) is 0 Å². The summed E-state index contributed by atoms with van der Waals surface area (Å²) >= 11 is 8.34. The van der Waals surface area contributed by atoms with Crippen LogP contribution in [0.1, 0.15) is 13.3 Å². The largest absolute Gasteiger partial charge is 0.320 e. The highest BCUT2D eigenvalue weighted by atomic mass is 32.9. The molecule has 0 aromatic heterocycles. The summed E-state index contributed by atoms with van der Waals surface area (Å²) in [4.78, 5) is 0. The monoisotopic (exact) mass is 188 g/mol. The SMILES string of the molecule is CCCOP(=S)(S)OO. The number of hydrogen-bond acceptors (Lipinski definition) is 4. The Bertz CT molecular complexity index is 118. The van der Waals surface area contributed by atoms with Gasteiger partial charge in [0.15, 0.2) is 0 Å². The van der Waals surface area contributed by atoms with E-state index in [0.29, 0.717) is 6.61 Å². The molecule has 0 bridgehead atoms. The number of hydrogen-bond donors (Lipinski definition) is 2. The first kappa shape index (κ1) is 9.88. The normalized spacial score (nSPS) is 17.2. The molecule has 1 atom stereocenters. The molecule has 6 heteroatoms. The molecule has 0 aliphatic rings. The van der Waals surface area contributed by atoms with Gasteiger partial charge >= 0.3 is 0 Å². The summed E-state index contributed by atoms with van der Waals surface area (Å²) in [5.74, 6) is 0. The second-order valence-electron chi connectivity index (χ2n) is 1.38. The van der Waals surface area contributed by atoms with Gasteiger partial charge in [-0.15, -0.1) is 0 Å². The maximum absolute atomic E-state index is 8.06. The molecule has 0 radical (unpaired) electrons. The van der Waals surface area contributed by atoms with Gasteiger partial charge in [-0.25, -0.2) is 5.26 Å². The Morgan fingerprint density at radius 2 is 2.33 bits per heavy atom. The van der Waals surface area contributed by atoms with E-state index >= 15 is 0 Å². The van der Waals surface area contributed by atoms with E-state index in [1.807, 2.05) is 6.92 Å². The number of thiol groups is 1. The van der Waals surface area contributed by atoms with Crippen LogP contribution in [0.25, 0.3) is 0 Å². The Morgan fingerprint density at radius 3 is 2.67 bits per heavy atom. The third-order valence-corrected chi connectivity index (χ3v) is 2.36. The molecule has 0 heterocycles. The van der Waals surface area contributed by atoms with Gasteiger partial charge in [-0.1, -0.05) is 19.2 Å². The zero-order valence-corrected chi connectivity index (χ0v) is 7.59. The summed E-state index contributed by atoms with van der Waals surface area (Å²) in [6, 6.07) is 0. The first-order valence-corrected chi connectivity index (χ1v) is 6.22. The summed E-state index contributed by atoms with van der Waals surface area (Å²) in [5.41, 5.74) is -2.61. The Morgan fingerprint density at radius 1 is 1.78 bits per heavy atom. The van der Waals surface area contributed by atoms with Crippen LogP contribution in [0, 0.1) is 0 Å². The van der Waals surface area contributed by atoms with E-state index in [1.54, 1.807) is 0 Å². The zero-order chi connectivity index (χ0) is 7.33. The van der Waals surface area contributed by atoms with Crippen molar-refractivity contribution in [1.29, 1.82) is 0 Å². The van der Waals surface area contributed by atoms with Crippen molar-refractivity contribution in [3.8, 4) is 0 Å². The average molecular weight is 188 g/mol. The van der Waals surface area contributed by atoms with Crippen LogP contribution in [0.5, 0.6) is 0 Å². The van der Waals surface area contributed by atoms with E-state index in [2.05, 4.69) is 28.7 Å². The minimum Gasteiger partial charge on any atom is -0.320 e. The van der Waals surface area contributed by atoms with Crippen LogP contribution < -0.4 is 0 Å². The van der Waals surface area contributed by atoms with Crippen molar-refractivity contribution in [3.05, 3.63) is 0 Å². The molecule has 0 aliphatic carbocycles. The van der Waals surface area contributed by atoms with Crippen LogP contribution in [-0.2, 0) is 21.0 Å². The summed E-state index contributed by atoms with van der Waals surface area (Å²) in [6.45, 7) is 2.40. The maximum Gasteiger partial charge on any atom is 0.275 e. The summed E-state index contributed by atoms with van der Waals surface area (Å²) in [7, 11) is 0. The minimum atomic E-state index is -2.61. The predicted molar refractivity (Wildman–Crippen MR) is 43.2 cm³/mol. The Kier molecular flexibility index (Phi) is 5.11. The second kappa shape index (κ2) is 4.66. The maximum atomic E-state index is 8.06. The fourth-order valence-corrected chi connectivity index (χ4v) is 1.16. The van der Waals surface area contributed by atoms with Gasteiger partial charge in [0.05, 0.1) is 6.61 Å². The molecule has 0 aliphatic heterocycles. The van der Waals surface area contributed by atoms with Crippen molar-refractivity contribution in [2.45, 2.75) is 13.3 Å². The topological polar surface area (TPSA) is 38.7 Å². The van der Waals surface area contributed by atoms with Crippen LogP contribution in [-0.4, -0.2) is 11.9 Å². The van der Waals surface area contributed by atoms with Crippen LogP contribution in [0.4, 0.5) is 0 Å². The molecule has 0 spiro atoms. The lowest BCUT2D eigenvalue weighted by molar-refractivity contribution is -0.135. The van der Waals surface area contributed by atoms with E-state index in [0.717, 1.165) is 6.42 Å². The highest BCUT2D eigenvalue weighted by Crippen LogP contribution is 2.52. The van der Waals surface area contributed by atoms with Crippen LogP contribution >= 0.6 is 17.9 Å². The van der Waals surface area contributed by atoms with Gasteiger partial charge in [0, 0.05) is 0 Å². The minimum absolute atomic E-state index is 0.474.